The molecule has 0 saturated heterocycles. The molecule has 0 atom stereocenters. The van der Waals surface area contributed by atoms with E-state index < -0.39 is 0 Å². The summed E-state index contributed by atoms with van der Waals surface area (Å²) >= 11 is 13.4. The van der Waals surface area contributed by atoms with Crippen LogP contribution in [-0.2, 0) is 0 Å². The molecule has 1 amide bonds. The largest absolute Gasteiger partial charge is 0.360 e. The van der Waals surface area contributed by atoms with Crippen molar-refractivity contribution >= 4 is 50.7 Å². The molecule has 1 aromatic heterocycles. The Morgan fingerprint density at radius 1 is 0.844 bits per heavy atom. The number of halogens is 2. The normalized spacial score (nSPS) is 10.8. The maximum atomic E-state index is 12.5. The van der Waals surface area contributed by atoms with E-state index in [-0.39, 0.29) is 22.4 Å². The molecular formula is C24H20Cl2N4OS. The quantitative estimate of drug-likeness (QED) is 0.292. The van der Waals surface area contributed by atoms with Gasteiger partial charge in [-0.2, -0.15) is 0 Å². The minimum atomic E-state index is -0.381. The predicted molar refractivity (Wildman–Crippen MR) is 132 cm³/mol. The number of nitrogens with one attached hydrogen (secondary N) is 2. The average molecular weight is 483 g/mol. The number of anilines is 2. The van der Waals surface area contributed by atoms with Gasteiger partial charge in [-0.05, 0) is 29.7 Å². The summed E-state index contributed by atoms with van der Waals surface area (Å²) in [7, 11) is 0. The van der Waals surface area contributed by atoms with Gasteiger partial charge in [0.15, 0.2) is 0 Å². The Morgan fingerprint density at radius 2 is 1.47 bits per heavy atom. The molecule has 162 valence electrons. The van der Waals surface area contributed by atoms with E-state index in [1.807, 2.05) is 12.1 Å². The molecule has 0 fully saturated rings. The number of rotatable bonds is 8. The molecule has 0 radical (unpaired) electrons. The van der Waals surface area contributed by atoms with Gasteiger partial charge in [-0.25, -0.2) is 0 Å². The van der Waals surface area contributed by atoms with Gasteiger partial charge in [0, 0.05) is 12.5 Å². The molecule has 0 bridgehead atoms. The van der Waals surface area contributed by atoms with Crippen LogP contribution in [0.1, 0.15) is 33.8 Å². The molecule has 0 aliphatic heterocycles. The summed E-state index contributed by atoms with van der Waals surface area (Å²) in [6.07, 6.45) is 0.882. The van der Waals surface area contributed by atoms with E-state index in [9.17, 15) is 4.79 Å². The fourth-order valence-corrected chi connectivity index (χ4v) is 4.46. The lowest BCUT2D eigenvalue weighted by Gasteiger charge is -2.18. The van der Waals surface area contributed by atoms with Crippen molar-refractivity contribution in [3.63, 3.8) is 0 Å². The molecule has 0 saturated carbocycles. The molecule has 4 aromatic rings. The van der Waals surface area contributed by atoms with Gasteiger partial charge in [0.2, 0.25) is 10.3 Å². The van der Waals surface area contributed by atoms with Crippen molar-refractivity contribution in [2.45, 2.75) is 12.3 Å². The number of amides is 1. The molecule has 4 rings (SSSR count). The Balaban J connectivity index is 1.38. The van der Waals surface area contributed by atoms with Gasteiger partial charge in [0.25, 0.3) is 5.91 Å². The fraction of sp³-hybridized carbons (Fsp3) is 0.125. The first-order valence-electron chi connectivity index (χ1n) is 10.0. The van der Waals surface area contributed by atoms with E-state index in [0.29, 0.717) is 21.8 Å². The lowest BCUT2D eigenvalue weighted by atomic mass is 9.88. The van der Waals surface area contributed by atoms with Gasteiger partial charge in [0.1, 0.15) is 0 Å². The summed E-state index contributed by atoms with van der Waals surface area (Å²) in [5, 5.41) is 15.8. The number of hydrogen-bond acceptors (Lipinski definition) is 5. The Kier molecular flexibility index (Phi) is 7.37. The maximum absolute atomic E-state index is 12.5. The first-order valence-corrected chi connectivity index (χ1v) is 11.6. The molecule has 8 heteroatoms. The molecule has 32 heavy (non-hydrogen) atoms. The second kappa shape index (κ2) is 10.6. The zero-order chi connectivity index (χ0) is 22.3. The van der Waals surface area contributed by atoms with Crippen molar-refractivity contribution in [1.29, 1.82) is 0 Å². The summed E-state index contributed by atoms with van der Waals surface area (Å²) in [5.41, 5.74) is 2.82. The maximum Gasteiger partial charge on any atom is 0.259 e. The molecule has 2 N–H and O–H groups in total. The molecule has 0 unspecified atom stereocenters. The summed E-state index contributed by atoms with van der Waals surface area (Å²) in [6.45, 7) is 0.706. The molecule has 5 nitrogen and oxygen atoms in total. The minimum Gasteiger partial charge on any atom is -0.360 e. The van der Waals surface area contributed by atoms with Gasteiger partial charge in [0.05, 0.1) is 15.6 Å². The number of carbonyl (C=O) groups excluding carboxylic acids is 1. The first-order chi connectivity index (χ1) is 15.6. The van der Waals surface area contributed by atoms with Crippen LogP contribution in [0.15, 0.2) is 78.9 Å². The summed E-state index contributed by atoms with van der Waals surface area (Å²) in [4.78, 5) is 12.5. The first kappa shape index (κ1) is 22.3. The molecule has 0 aliphatic carbocycles. The monoisotopic (exact) mass is 482 g/mol. The molecule has 1 heterocycles. The average Bonchev–Trinajstić information content (AvgIpc) is 3.26. The Labute approximate surface area is 200 Å². The van der Waals surface area contributed by atoms with Gasteiger partial charge in [-0.1, -0.05) is 101 Å². The Hall–Kier alpha value is -2.93. The van der Waals surface area contributed by atoms with Gasteiger partial charge in [-0.3, -0.25) is 10.1 Å². The third kappa shape index (κ3) is 5.46. The van der Waals surface area contributed by atoms with Crippen LogP contribution in [0, 0.1) is 0 Å². The number of aromatic nitrogens is 2. The van der Waals surface area contributed by atoms with Crippen LogP contribution in [0.25, 0.3) is 0 Å². The van der Waals surface area contributed by atoms with Gasteiger partial charge in [-0.15, -0.1) is 10.2 Å². The third-order valence-corrected chi connectivity index (χ3v) is 6.57. The Bertz CT molecular complexity index is 1150. The zero-order valence-corrected chi connectivity index (χ0v) is 19.3. The summed E-state index contributed by atoms with van der Waals surface area (Å²) in [5.74, 6) is -0.115. The summed E-state index contributed by atoms with van der Waals surface area (Å²) < 4.78 is 0. The van der Waals surface area contributed by atoms with Crippen LogP contribution in [0.4, 0.5) is 10.3 Å². The van der Waals surface area contributed by atoms with Crippen LogP contribution in [-0.4, -0.2) is 22.6 Å². The number of nitrogens with zero attached hydrogens (tertiary/aromatic N) is 2. The van der Waals surface area contributed by atoms with Gasteiger partial charge >= 0.3 is 0 Å². The number of carbonyl (C=O) groups is 1. The lowest BCUT2D eigenvalue weighted by Crippen LogP contribution is -2.12. The van der Waals surface area contributed by atoms with E-state index in [1.165, 1.54) is 22.5 Å². The SMILES string of the molecule is O=C(Nc1nnc(NCCC(c2ccccc2)c2ccccc2)s1)c1cccc(Cl)c1Cl. The topological polar surface area (TPSA) is 66.9 Å². The molecular weight excluding hydrogens is 463 g/mol. The minimum absolute atomic E-state index is 0.211. The smallest absolute Gasteiger partial charge is 0.259 e. The highest BCUT2D eigenvalue weighted by Crippen LogP contribution is 2.29. The van der Waals surface area contributed by atoms with Crippen LogP contribution in [0.5, 0.6) is 0 Å². The standard InChI is InChI=1S/C24H20Cl2N4OS/c25-20-13-7-12-19(21(20)26)22(31)28-24-30-29-23(32-24)27-15-14-18(16-8-3-1-4-9-16)17-10-5-2-6-11-17/h1-13,18H,14-15H2,(H,27,29)(H,28,30,31). The molecule has 3 aromatic carbocycles. The zero-order valence-electron chi connectivity index (χ0n) is 17.0. The van der Waals surface area contributed by atoms with Crippen LogP contribution in [0.2, 0.25) is 10.0 Å². The highest BCUT2D eigenvalue weighted by Gasteiger charge is 2.16. The van der Waals surface area contributed by atoms with E-state index >= 15 is 0 Å². The van der Waals surface area contributed by atoms with Crippen molar-refractivity contribution in [2.24, 2.45) is 0 Å². The highest BCUT2D eigenvalue weighted by molar-refractivity contribution is 7.19. The van der Waals surface area contributed by atoms with E-state index in [2.05, 4.69) is 69.4 Å². The number of hydrogen-bond donors (Lipinski definition) is 2. The van der Waals surface area contributed by atoms with Gasteiger partial charge < -0.3 is 5.32 Å². The Morgan fingerprint density at radius 3 is 2.12 bits per heavy atom. The molecule has 0 spiro atoms. The van der Waals surface area contributed by atoms with Crippen LogP contribution in [0.3, 0.4) is 0 Å². The second-order valence-corrected chi connectivity index (χ2v) is 8.82. The number of benzene rings is 3. The molecule has 0 aliphatic rings. The third-order valence-electron chi connectivity index (χ3n) is 4.95. The van der Waals surface area contributed by atoms with E-state index in [4.69, 9.17) is 23.2 Å². The highest BCUT2D eigenvalue weighted by atomic mass is 35.5. The fourth-order valence-electron chi connectivity index (χ4n) is 3.41. The van der Waals surface area contributed by atoms with Crippen molar-refractivity contribution in [3.05, 3.63) is 106 Å². The van der Waals surface area contributed by atoms with Crippen molar-refractivity contribution in [1.82, 2.24) is 10.2 Å². The van der Waals surface area contributed by atoms with Crippen LogP contribution < -0.4 is 10.6 Å². The van der Waals surface area contributed by atoms with Crippen LogP contribution >= 0.6 is 34.5 Å². The lowest BCUT2D eigenvalue weighted by molar-refractivity contribution is 0.102. The van der Waals surface area contributed by atoms with Crippen molar-refractivity contribution in [2.75, 3.05) is 17.2 Å². The van der Waals surface area contributed by atoms with Crippen molar-refractivity contribution < 1.29 is 4.79 Å². The summed E-state index contributed by atoms with van der Waals surface area (Å²) in [6, 6.07) is 25.8. The van der Waals surface area contributed by atoms with E-state index in [1.54, 1.807) is 18.2 Å². The van der Waals surface area contributed by atoms with E-state index in [0.717, 1.165) is 6.42 Å². The van der Waals surface area contributed by atoms with Crippen molar-refractivity contribution in [3.8, 4) is 0 Å². The predicted octanol–water partition coefficient (Wildman–Crippen LogP) is 6.73. The second-order valence-electron chi connectivity index (χ2n) is 7.06.